The predicted octanol–water partition coefficient (Wildman–Crippen LogP) is 3.38. The van der Waals surface area contributed by atoms with Gasteiger partial charge in [0.1, 0.15) is 11.5 Å². The maximum absolute atomic E-state index is 9.75. The van der Waals surface area contributed by atoms with Crippen LogP contribution in [0.25, 0.3) is 11.1 Å². The highest BCUT2D eigenvalue weighted by atomic mass is 16.3. The van der Waals surface area contributed by atoms with Crippen molar-refractivity contribution in [1.29, 1.82) is 0 Å². The van der Waals surface area contributed by atoms with Crippen LogP contribution in [-0.4, -0.2) is 10.2 Å². The topological polar surface area (TPSA) is 40.5 Å². The summed E-state index contributed by atoms with van der Waals surface area (Å²) in [5, 5.41) is 19.2. The molecule has 0 radical (unpaired) electrons. The Morgan fingerprint density at radius 3 is 2.25 bits per heavy atom. The predicted molar refractivity (Wildman–Crippen MR) is 64.7 cm³/mol. The Morgan fingerprint density at radius 1 is 0.875 bits per heavy atom. The maximum Gasteiger partial charge on any atom is 0.119 e. The molecule has 0 spiro atoms. The van der Waals surface area contributed by atoms with Crippen LogP contribution in [0.1, 0.15) is 11.1 Å². The summed E-state index contributed by atoms with van der Waals surface area (Å²) in [6, 6.07) is 10.7. The highest BCUT2D eigenvalue weighted by molar-refractivity contribution is 5.68. The summed E-state index contributed by atoms with van der Waals surface area (Å²) in [5.41, 5.74) is 3.75. The highest BCUT2D eigenvalue weighted by Crippen LogP contribution is 2.30. The molecule has 2 aromatic rings. The lowest BCUT2D eigenvalue weighted by atomic mass is 9.99. The Kier molecular flexibility index (Phi) is 2.57. The van der Waals surface area contributed by atoms with Gasteiger partial charge in [-0.2, -0.15) is 0 Å². The second kappa shape index (κ2) is 3.89. The minimum atomic E-state index is 0.232. The number of aromatic hydroxyl groups is 2. The van der Waals surface area contributed by atoms with E-state index in [0.29, 0.717) is 5.75 Å². The molecule has 0 aliphatic heterocycles. The van der Waals surface area contributed by atoms with Crippen LogP contribution in [0.5, 0.6) is 11.5 Å². The van der Waals surface area contributed by atoms with Gasteiger partial charge in [-0.15, -0.1) is 0 Å². The van der Waals surface area contributed by atoms with E-state index in [9.17, 15) is 10.2 Å². The molecule has 0 saturated heterocycles. The Morgan fingerprint density at radius 2 is 1.62 bits per heavy atom. The number of phenolic OH excluding ortho intramolecular Hbond substituents is 2. The molecule has 2 heteroatoms. The fraction of sp³-hybridized carbons (Fsp3) is 0.143. The molecule has 0 saturated carbocycles. The van der Waals surface area contributed by atoms with Gasteiger partial charge in [-0.05, 0) is 54.3 Å². The van der Waals surface area contributed by atoms with E-state index in [-0.39, 0.29) is 5.75 Å². The molecule has 2 rings (SSSR count). The third kappa shape index (κ3) is 1.87. The quantitative estimate of drug-likeness (QED) is 0.764. The van der Waals surface area contributed by atoms with Crippen molar-refractivity contribution < 1.29 is 10.2 Å². The normalized spacial score (nSPS) is 10.4. The van der Waals surface area contributed by atoms with Gasteiger partial charge in [0.05, 0.1) is 0 Å². The van der Waals surface area contributed by atoms with Crippen molar-refractivity contribution >= 4 is 0 Å². The standard InChI is InChI=1S/C14H14O2/c1-9-6-12(8-14(16)10(9)2)11-4-3-5-13(15)7-11/h3-8,15-16H,1-2H3. The highest BCUT2D eigenvalue weighted by Gasteiger charge is 2.05. The van der Waals surface area contributed by atoms with Crippen LogP contribution in [0.3, 0.4) is 0 Å². The van der Waals surface area contributed by atoms with Gasteiger partial charge < -0.3 is 10.2 Å². The summed E-state index contributed by atoms with van der Waals surface area (Å²) in [6.07, 6.45) is 0. The van der Waals surface area contributed by atoms with Crippen LogP contribution >= 0.6 is 0 Å². The van der Waals surface area contributed by atoms with Crippen LogP contribution in [0.15, 0.2) is 36.4 Å². The zero-order chi connectivity index (χ0) is 11.7. The van der Waals surface area contributed by atoms with Gasteiger partial charge in [0, 0.05) is 0 Å². The Balaban J connectivity index is 2.57. The van der Waals surface area contributed by atoms with Crippen molar-refractivity contribution in [1.82, 2.24) is 0 Å². The number of rotatable bonds is 1. The summed E-state index contributed by atoms with van der Waals surface area (Å²) in [6.45, 7) is 3.85. The van der Waals surface area contributed by atoms with Crippen molar-refractivity contribution in [2.24, 2.45) is 0 Å². The first-order valence-electron chi connectivity index (χ1n) is 5.17. The molecule has 82 valence electrons. The van der Waals surface area contributed by atoms with E-state index < -0.39 is 0 Å². The second-order valence-corrected chi connectivity index (χ2v) is 3.99. The Hall–Kier alpha value is -1.96. The zero-order valence-electron chi connectivity index (χ0n) is 9.36. The van der Waals surface area contributed by atoms with Crippen LogP contribution < -0.4 is 0 Å². The van der Waals surface area contributed by atoms with Crippen molar-refractivity contribution in [2.75, 3.05) is 0 Å². The molecule has 0 aliphatic rings. The van der Waals surface area contributed by atoms with Crippen LogP contribution in [-0.2, 0) is 0 Å². The van der Waals surface area contributed by atoms with E-state index in [2.05, 4.69) is 0 Å². The van der Waals surface area contributed by atoms with E-state index in [1.165, 1.54) is 0 Å². The zero-order valence-corrected chi connectivity index (χ0v) is 9.36. The van der Waals surface area contributed by atoms with Crippen molar-refractivity contribution in [3.8, 4) is 22.6 Å². The third-order valence-corrected chi connectivity index (χ3v) is 2.82. The smallest absolute Gasteiger partial charge is 0.119 e. The Labute approximate surface area is 94.8 Å². The number of hydrogen-bond acceptors (Lipinski definition) is 2. The molecular formula is C14H14O2. The summed E-state index contributed by atoms with van der Waals surface area (Å²) >= 11 is 0. The van der Waals surface area contributed by atoms with Gasteiger partial charge in [-0.25, -0.2) is 0 Å². The molecule has 0 atom stereocenters. The average molecular weight is 214 g/mol. The van der Waals surface area contributed by atoms with Gasteiger partial charge in [0.25, 0.3) is 0 Å². The maximum atomic E-state index is 9.75. The van der Waals surface area contributed by atoms with Gasteiger partial charge in [0.2, 0.25) is 0 Å². The number of phenols is 2. The molecule has 0 aliphatic carbocycles. The van der Waals surface area contributed by atoms with E-state index in [0.717, 1.165) is 22.3 Å². The fourth-order valence-corrected chi connectivity index (χ4v) is 1.69. The van der Waals surface area contributed by atoms with E-state index in [4.69, 9.17) is 0 Å². The molecule has 0 amide bonds. The monoisotopic (exact) mass is 214 g/mol. The summed E-state index contributed by atoms with van der Waals surface area (Å²) < 4.78 is 0. The largest absolute Gasteiger partial charge is 0.508 e. The van der Waals surface area contributed by atoms with Crippen molar-refractivity contribution in [3.63, 3.8) is 0 Å². The lowest BCUT2D eigenvalue weighted by molar-refractivity contribution is 0.470. The van der Waals surface area contributed by atoms with Crippen molar-refractivity contribution in [3.05, 3.63) is 47.5 Å². The molecule has 2 aromatic carbocycles. The van der Waals surface area contributed by atoms with Gasteiger partial charge in [0.15, 0.2) is 0 Å². The van der Waals surface area contributed by atoms with Gasteiger partial charge >= 0.3 is 0 Å². The van der Waals surface area contributed by atoms with Crippen LogP contribution in [0.4, 0.5) is 0 Å². The van der Waals surface area contributed by atoms with Crippen molar-refractivity contribution in [2.45, 2.75) is 13.8 Å². The lowest BCUT2D eigenvalue weighted by Crippen LogP contribution is -1.85. The number of hydrogen-bond donors (Lipinski definition) is 2. The van der Waals surface area contributed by atoms with Crippen LogP contribution in [0.2, 0.25) is 0 Å². The Bertz CT molecular complexity index is 507. The van der Waals surface area contributed by atoms with E-state index in [1.54, 1.807) is 24.3 Å². The van der Waals surface area contributed by atoms with E-state index >= 15 is 0 Å². The van der Waals surface area contributed by atoms with Crippen LogP contribution in [0, 0.1) is 13.8 Å². The number of benzene rings is 2. The van der Waals surface area contributed by atoms with Gasteiger partial charge in [-0.3, -0.25) is 0 Å². The first kappa shape index (κ1) is 10.6. The first-order valence-corrected chi connectivity index (χ1v) is 5.17. The molecule has 2 N–H and O–H groups in total. The first-order chi connectivity index (χ1) is 7.58. The third-order valence-electron chi connectivity index (χ3n) is 2.82. The molecule has 0 bridgehead atoms. The molecule has 2 nitrogen and oxygen atoms in total. The molecular weight excluding hydrogens is 200 g/mol. The number of aryl methyl sites for hydroxylation is 1. The average Bonchev–Trinajstić information content (AvgIpc) is 2.25. The summed E-state index contributed by atoms with van der Waals surface area (Å²) in [5.74, 6) is 0.522. The SMILES string of the molecule is Cc1cc(-c2cccc(O)c2)cc(O)c1C. The van der Waals surface area contributed by atoms with Gasteiger partial charge in [-0.1, -0.05) is 18.2 Å². The minimum absolute atomic E-state index is 0.232. The molecule has 0 unspecified atom stereocenters. The molecule has 0 fully saturated rings. The fourth-order valence-electron chi connectivity index (χ4n) is 1.69. The minimum Gasteiger partial charge on any atom is -0.508 e. The molecule has 16 heavy (non-hydrogen) atoms. The molecule has 0 aromatic heterocycles. The molecule has 0 heterocycles. The second-order valence-electron chi connectivity index (χ2n) is 3.99. The summed E-state index contributed by atoms with van der Waals surface area (Å²) in [7, 11) is 0. The lowest BCUT2D eigenvalue weighted by Gasteiger charge is -2.08. The summed E-state index contributed by atoms with van der Waals surface area (Å²) in [4.78, 5) is 0. The van der Waals surface area contributed by atoms with E-state index in [1.807, 2.05) is 26.0 Å².